The molecule has 0 aliphatic carbocycles. The van der Waals surface area contributed by atoms with Crippen LogP contribution in [0.1, 0.15) is 24.5 Å². The fraction of sp³-hybridized carbons (Fsp3) is 0.312. The number of aryl methyl sites for hydroxylation is 2. The van der Waals surface area contributed by atoms with Crippen LogP contribution in [0.25, 0.3) is 0 Å². The van der Waals surface area contributed by atoms with Gasteiger partial charge in [0, 0.05) is 16.7 Å². The molecule has 0 aliphatic heterocycles. The average molecular weight is 319 g/mol. The Hall–Kier alpha value is -1.35. The summed E-state index contributed by atoms with van der Waals surface area (Å²) in [5.41, 5.74) is 2.55. The highest BCUT2D eigenvalue weighted by atomic mass is 79.9. The van der Waals surface area contributed by atoms with Crippen LogP contribution in [0, 0.1) is 6.92 Å². The van der Waals surface area contributed by atoms with E-state index in [9.17, 15) is 0 Å². The van der Waals surface area contributed by atoms with Crippen molar-refractivity contribution in [1.82, 2.24) is 4.98 Å². The van der Waals surface area contributed by atoms with Gasteiger partial charge in [0.15, 0.2) is 0 Å². The molecule has 100 valence electrons. The van der Waals surface area contributed by atoms with Gasteiger partial charge in [-0.25, -0.2) is 4.98 Å². The molecule has 1 unspecified atom stereocenters. The van der Waals surface area contributed by atoms with Crippen molar-refractivity contribution in [3.05, 3.63) is 58.2 Å². The summed E-state index contributed by atoms with van der Waals surface area (Å²) in [7, 11) is 0. The van der Waals surface area contributed by atoms with Gasteiger partial charge in [0.1, 0.15) is 5.82 Å². The minimum Gasteiger partial charge on any atom is -0.367 e. The first-order chi connectivity index (χ1) is 9.15. The molecule has 0 bridgehead atoms. The Morgan fingerprint density at radius 1 is 1.26 bits per heavy atom. The summed E-state index contributed by atoms with van der Waals surface area (Å²) in [6, 6.07) is 13.1. The molecule has 2 rings (SSSR count). The molecule has 0 saturated carbocycles. The van der Waals surface area contributed by atoms with E-state index in [0.29, 0.717) is 6.04 Å². The number of nitrogens with zero attached hydrogens (tertiary/aromatic N) is 1. The van der Waals surface area contributed by atoms with Crippen molar-refractivity contribution < 1.29 is 0 Å². The number of benzene rings is 1. The van der Waals surface area contributed by atoms with Gasteiger partial charge in [0.2, 0.25) is 0 Å². The summed E-state index contributed by atoms with van der Waals surface area (Å²) in [4.78, 5) is 4.41. The maximum atomic E-state index is 4.41. The fourth-order valence-corrected chi connectivity index (χ4v) is 2.47. The van der Waals surface area contributed by atoms with Crippen LogP contribution in [0.15, 0.2) is 47.1 Å². The van der Waals surface area contributed by atoms with Crippen molar-refractivity contribution in [3.63, 3.8) is 0 Å². The third-order valence-corrected chi connectivity index (χ3v) is 3.57. The number of anilines is 1. The highest BCUT2D eigenvalue weighted by Gasteiger charge is 2.06. The smallest absolute Gasteiger partial charge is 0.129 e. The van der Waals surface area contributed by atoms with E-state index in [-0.39, 0.29) is 0 Å². The first kappa shape index (κ1) is 14.1. The van der Waals surface area contributed by atoms with Crippen molar-refractivity contribution in [1.29, 1.82) is 0 Å². The van der Waals surface area contributed by atoms with Gasteiger partial charge in [-0.15, -0.1) is 0 Å². The minimum atomic E-state index is 0.410. The molecule has 1 aromatic carbocycles. The van der Waals surface area contributed by atoms with Crippen molar-refractivity contribution in [2.24, 2.45) is 0 Å². The molecule has 19 heavy (non-hydrogen) atoms. The molecular weight excluding hydrogens is 300 g/mol. The minimum absolute atomic E-state index is 0.410. The van der Waals surface area contributed by atoms with Gasteiger partial charge in [0.05, 0.1) is 0 Å². The van der Waals surface area contributed by atoms with Crippen molar-refractivity contribution >= 4 is 21.7 Å². The highest BCUT2D eigenvalue weighted by molar-refractivity contribution is 9.10. The Bertz CT molecular complexity index is 526. The summed E-state index contributed by atoms with van der Waals surface area (Å²) in [5, 5.41) is 3.48. The second-order valence-electron chi connectivity index (χ2n) is 4.89. The topological polar surface area (TPSA) is 24.9 Å². The van der Waals surface area contributed by atoms with E-state index in [1.165, 1.54) is 11.1 Å². The van der Waals surface area contributed by atoms with Crippen molar-refractivity contribution in [3.8, 4) is 0 Å². The molecule has 1 N–H and O–H groups in total. The number of hydrogen-bond acceptors (Lipinski definition) is 2. The summed E-state index contributed by atoms with van der Waals surface area (Å²) in [6.07, 6.45) is 4.02. The number of rotatable bonds is 5. The molecule has 1 atom stereocenters. The summed E-state index contributed by atoms with van der Waals surface area (Å²) < 4.78 is 1.02. The van der Waals surface area contributed by atoms with Crippen molar-refractivity contribution in [2.45, 2.75) is 32.7 Å². The molecule has 0 fully saturated rings. The van der Waals surface area contributed by atoms with E-state index >= 15 is 0 Å². The predicted molar refractivity (Wildman–Crippen MR) is 84.5 cm³/mol. The van der Waals surface area contributed by atoms with E-state index in [2.05, 4.69) is 76.5 Å². The lowest BCUT2D eigenvalue weighted by Gasteiger charge is -2.16. The Morgan fingerprint density at radius 3 is 2.68 bits per heavy atom. The maximum Gasteiger partial charge on any atom is 0.129 e. The van der Waals surface area contributed by atoms with Crippen molar-refractivity contribution in [2.75, 3.05) is 5.32 Å². The third kappa shape index (κ3) is 4.35. The van der Waals surface area contributed by atoms with Gasteiger partial charge >= 0.3 is 0 Å². The number of halogens is 1. The zero-order valence-corrected chi connectivity index (χ0v) is 12.9. The van der Waals surface area contributed by atoms with Gasteiger partial charge in [-0.05, 0) is 59.8 Å². The highest BCUT2D eigenvalue weighted by Crippen LogP contribution is 2.18. The fourth-order valence-electron chi connectivity index (χ4n) is 2.03. The standard InChI is InChI=1S/C16H19BrN2/c1-12-10-15(17)11-18-16(12)19-13(2)8-9-14-6-4-3-5-7-14/h3-7,10-11,13H,8-9H2,1-2H3,(H,18,19). The Kier molecular flexibility index (Phi) is 4.97. The van der Waals surface area contributed by atoms with Gasteiger partial charge in [-0.1, -0.05) is 30.3 Å². The largest absolute Gasteiger partial charge is 0.367 e. The van der Waals surface area contributed by atoms with Crippen LogP contribution in [0.5, 0.6) is 0 Å². The first-order valence-corrected chi connectivity index (χ1v) is 7.37. The van der Waals surface area contributed by atoms with E-state index in [1.54, 1.807) is 0 Å². The van der Waals surface area contributed by atoms with Crippen LogP contribution in [0.4, 0.5) is 5.82 Å². The Morgan fingerprint density at radius 2 is 2.00 bits per heavy atom. The molecular formula is C16H19BrN2. The molecule has 0 aliphatic rings. The molecule has 3 heteroatoms. The van der Waals surface area contributed by atoms with Gasteiger partial charge in [-0.2, -0.15) is 0 Å². The van der Waals surface area contributed by atoms with Gasteiger partial charge < -0.3 is 5.32 Å². The molecule has 1 aromatic heterocycles. The van der Waals surface area contributed by atoms with Crippen LogP contribution in [-0.2, 0) is 6.42 Å². The lowest BCUT2D eigenvalue weighted by molar-refractivity contribution is 0.702. The molecule has 0 spiro atoms. The Balaban J connectivity index is 1.89. The summed E-state index contributed by atoms with van der Waals surface area (Å²) in [6.45, 7) is 4.27. The molecule has 2 aromatic rings. The van der Waals surface area contributed by atoms with Crippen LogP contribution in [0.3, 0.4) is 0 Å². The van der Waals surface area contributed by atoms with Gasteiger partial charge in [-0.3, -0.25) is 0 Å². The quantitative estimate of drug-likeness (QED) is 0.872. The third-order valence-electron chi connectivity index (χ3n) is 3.14. The number of aromatic nitrogens is 1. The monoisotopic (exact) mass is 318 g/mol. The van der Waals surface area contributed by atoms with Crippen LogP contribution >= 0.6 is 15.9 Å². The number of pyridine rings is 1. The number of hydrogen-bond donors (Lipinski definition) is 1. The van der Waals surface area contributed by atoms with Crippen LogP contribution in [-0.4, -0.2) is 11.0 Å². The molecule has 0 radical (unpaired) electrons. The SMILES string of the molecule is Cc1cc(Br)cnc1NC(C)CCc1ccccc1. The average Bonchev–Trinajstić information content (AvgIpc) is 2.41. The zero-order valence-electron chi connectivity index (χ0n) is 11.4. The molecule has 1 heterocycles. The summed E-state index contributed by atoms with van der Waals surface area (Å²) >= 11 is 3.43. The van der Waals surface area contributed by atoms with E-state index < -0.39 is 0 Å². The normalized spacial score (nSPS) is 12.2. The summed E-state index contributed by atoms with van der Waals surface area (Å²) in [5.74, 6) is 0.976. The first-order valence-electron chi connectivity index (χ1n) is 6.58. The maximum absolute atomic E-state index is 4.41. The van der Waals surface area contributed by atoms with Crippen LogP contribution in [0.2, 0.25) is 0 Å². The van der Waals surface area contributed by atoms with E-state index in [0.717, 1.165) is 23.1 Å². The van der Waals surface area contributed by atoms with Gasteiger partial charge in [0.25, 0.3) is 0 Å². The lowest BCUT2D eigenvalue weighted by Crippen LogP contribution is -2.17. The zero-order chi connectivity index (χ0) is 13.7. The molecule has 0 amide bonds. The molecule has 2 nitrogen and oxygen atoms in total. The van der Waals surface area contributed by atoms with E-state index in [1.807, 2.05) is 6.20 Å². The molecule has 0 saturated heterocycles. The van der Waals surface area contributed by atoms with E-state index in [4.69, 9.17) is 0 Å². The Labute approximate surface area is 123 Å². The lowest BCUT2D eigenvalue weighted by atomic mass is 10.1. The second kappa shape index (κ2) is 6.71. The number of nitrogens with one attached hydrogen (secondary N) is 1. The van der Waals surface area contributed by atoms with Crippen LogP contribution < -0.4 is 5.32 Å². The second-order valence-corrected chi connectivity index (χ2v) is 5.80. The predicted octanol–water partition coefficient (Wildman–Crippen LogP) is 4.59.